The van der Waals surface area contributed by atoms with E-state index in [2.05, 4.69) is 34.1 Å². The highest BCUT2D eigenvalue weighted by molar-refractivity contribution is 7.99. The van der Waals surface area contributed by atoms with E-state index in [9.17, 15) is 4.79 Å². The van der Waals surface area contributed by atoms with Crippen molar-refractivity contribution in [3.05, 3.63) is 35.3 Å². The van der Waals surface area contributed by atoms with E-state index in [0.717, 1.165) is 28.5 Å². The Balaban J connectivity index is 1.88. The van der Waals surface area contributed by atoms with Crippen LogP contribution in [-0.2, 0) is 11.2 Å². The third-order valence-corrected chi connectivity index (χ3v) is 3.96. The molecular formula is C16H22N4OS. The van der Waals surface area contributed by atoms with E-state index in [0.29, 0.717) is 17.5 Å². The van der Waals surface area contributed by atoms with Crippen LogP contribution in [0.2, 0.25) is 0 Å². The van der Waals surface area contributed by atoms with Gasteiger partial charge in [0.2, 0.25) is 5.91 Å². The Hall–Kier alpha value is -1.82. The van der Waals surface area contributed by atoms with Crippen LogP contribution in [0.4, 0.5) is 5.82 Å². The number of hydrogen-bond donors (Lipinski definition) is 2. The smallest absolute Gasteiger partial charge is 0.236 e. The Labute approximate surface area is 135 Å². The summed E-state index contributed by atoms with van der Waals surface area (Å²) in [5.74, 6) is 1.38. The van der Waals surface area contributed by atoms with Crippen LogP contribution in [0.1, 0.15) is 30.8 Å². The second-order valence-corrected chi connectivity index (χ2v) is 6.73. The van der Waals surface area contributed by atoms with Gasteiger partial charge in [-0.05, 0) is 43.9 Å². The van der Waals surface area contributed by atoms with Crippen molar-refractivity contribution in [1.82, 2.24) is 15.0 Å². The fraction of sp³-hybridized carbons (Fsp3) is 0.438. The largest absolute Gasteiger partial charge is 0.337 e. The van der Waals surface area contributed by atoms with E-state index in [4.69, 9.17) is 0 Å². The summed E-state index contributed by atoms with van der Waals surface area (Å²) in [6.07, 6.45) is 2.63. The maximum atomic E-state index is 12.0. The standard InChI is InChI=1S/C16H22N4OS/c1-10(2)7-13-12(4)18-16(19-13)22-9-15(21)20-14-8-11(3)5-6-17-14/h5-6,8,10H,7,9H2,1-4H3,(H,18,19)(H,17,20,21). The second-order valence-electron chi connectivity index (χ2n) is 5.77. The van der Waals surface area contributed by atoms with Crippen LogP contribution in [-0.4, -0.2) is 26.6 Å². The van der Waals surface area contributed by atoms with Gasteiger partial charge in [0.15, 0.2) is 5.16 Å². The van der Waals surface area contributed by atoms with Crippen molar-refractivity contribution in [3.8, 4) is 0 Å². The van der Waals surface area contributed by atoms with Crippen LogP contribution < -0.4 is 5.32 Å². The summed E-state index contributed by atoms with van der Waals surface area (Å²) in [5.41, 5.74) is 3.23. The molecule has 5 nitrogen and oxygen atoms in total. The van der Waals surface area contributed by atoms with Crippen molar-refractivity contribution in [2.24, 2.45) is 5.92 Å². The molecule has 2 aromatic rings. The topological polar surface area (TPSA) is 70.7 Å². The molecule has 6 heteroatoms. The first-order valence-corrected chi connectivity index (χ1v) is 8.33. The number of rotatable bonds is 6. The zero-order valence-corrected chi connectivity index (χ0v) is 14.3. The Bertz CT molecular complexity index is 651. The molecule has 0 atom stereocenters. The highest BCUT2D eigenvalue weighted by Gasteiger charge is 2.11. The molecule has 2 N–H and O–H groups in total. The lowest BCUT2D eigenvalue weighted by Gasteiger charge is -2.03. The maximum Gasteiger partial charge on any atom is 0.236 e. The molecule has 0 bridgehead atoms. The van der Waals surface area contributed by atoms with Crippen molar-refractivity contribution in [2.75, 3.05) is 11.1 Å². The fourth-order valence-corrected chi connectivity index (χ4v) is 2.78. The normalized spacial score (nSPS) is 11.0. The van der Waals surface area contributed by atoms with Gasteiger partial charge in [-0.15, -0.1) is 0 Å². The van der Waals surface area contributed by atoms with E-state index >= 15 is 0 Å². The van der Waals surface area contributed by atoms with Gasteiger partial charge in [-0.2, -0.15) is 0 Å². The molecule has 1 amide bonds. The average molecular weight is 318 g/mol. The van der Waals surface area contributed by atoms with Gasteiger partial charge in [-0.1, -0.05) is 25.6 Å². The van der Waals surface area contributed by atoms with Crippen LogP contribution in [0.3, 0.4) is 0 Å². The van der Waals surface area contributed by atoms with Gasteiger partial charge in [0.25, 0.3) is 0 Å². The lowest BCUT2D eigenvalue weighted by molar-refractivity contribution is -0.113. The number of hydrogen-bond acceptors (Lipinski definition) is 4. The molecule has 0 fully saturated rings. The zero-order valence-electron chi connectivity index (χ0n) is 13.4. The third kappa shape index (κ3) is 4.87. The first kappa shape index (κ1) is 16.5. The number of nitrogens with one attached hydrogen (secondary N) is 2. The van der Waals surface area contributed by atoms with Crippen LogP contribution in [0.15, 0.2) is 23.5 Å². The SMILES string of the molecule is Cc1ccnc(NC(=O)CSc2nc(CC(C)C)c(C)[nH]2)c1. The molecule has 2 rings (SSSR count). The lowest BCUT2D eigenvalue weighted by Crippen LogP contribution is -2.15. The molecular weight excluding hydrogens is 296 g/mol. The van der Waals surface area contributed by atoms with Crippen molar-refractivity contribution >= 4 is 23.5 Å². The minimum atomic E-state index is -0.0810. The van der Waals surface area contributed by atoms with E-state index in [1.54, 1.807) is 6.20 Å². The molecule has 0 spiro atoms. The van der Waals surface area contributed by atoms with E-state index in [-0.39, 0.29) is 5.91 Å². The molecule has 0 radical (unpaired) electrons. The summed E-state index contributed by atoms with van der Waals surface area (Å²) in [7, 11) is 0. The molecule has 0 saturated heterocycles. The molecule has 2 heterocycles. The molecule has 0 aliphatic heterocycles. The number of thioether (sulfide) groups is 1. The summed E-state index contributed by atoms with van der Waals surface area (Å²) in [6.45, 7) is 8.33. The predicted octanol–water partition coefficient (Wildman–Crippen LogP) is 3.35. The number of anilines is 1. The highest BCUT2D eigenvalue weighted by atomic mass is 32.2. The van der Waals surface area contributed by atoms with E-state index in [1.807, 2.05) is 26.0 Å². The number of aromatic nitrogens is 3. The minimum Gasteiger partial charge on any atom is -0.337 e. The van der Waals surface area contributed by atoms with Crippen molar-refractivity contribution in [2.45, 2.75) is 39.3 Å². The van der Waals surface area contributed by atoms with Crippen molar-refractivity contribution < 1.29 is 4.79 Å². The highest BCUT2D eigenvalue weighted by Crippen LogP contribution is 2.19. The number of amides is 1. The Morgan fingerprint density at radius 3 is 2.86 bits per heavy atom. The fourth-order valence-electron chi connectivity index (χ4n) is 2.04. The van der Waals surface area contributed by atoms with Crippen LogP contribution in [0.25, 0.3) is 0 Å². The average Bonchev–Trinajstić information content (AvgIpc) is 2.76. The van der Waals surface area contributed by atoms with Gasteiger partial charge in [0, 0.05) is 11.9 Å². The van der Waals surface area contributed by atoms with E-state index < -0.39 is 0 Å². The number of carbonyl (C=O) groups is 1. The minimum absolute atomic E-state index is 0.0810. The lowest BCUT2D eigenvalue weighted by atomic mass is 10.1. The third-order valence-electron chi connectivity index (χ3n) is 3.09. The molecule has 0 aliphatic rings. The number of imidazole rings is 1. The number of pyridine rings is 1. The molecule has 118 valence electrons. The zero-order chi connectivity index (χ0) is 16.1. The Morgan fingerprint density at radius 1 is 1.41 bits per heavy atom. The second kappa shape index (κ2) is 7.45. The molecule has 0 aliphatic carbocycles. The van der Waals surface area contributed by atoms with Crippen LogP contribution >= 0.6 is 11.8 Å². The number of carbonyl (C=O) groups excluding carboxylic acids is 1. The first-order valence-electron chi connectivity index (χ1n) is 7.35. The number of aromatic amines is 1. The van der Waals surface area contributed by atoms with Gasteiger partial charge in [0.05, 0.1) is 11.4 Å². The van der Waals surface area contributed by atoms with Gasteiger partial charge in [-0.25, -0.2) is 9.97 Å². The quantitative estimate of drug-likeness (QED) is 0.801. The molecule has 0 saturated carbocycles. The van der Waals surface area contributed by atoms with Crippen LogP contribution in [0, 0.1) is 19.8 Å². The molecule has 22 heavy (non-hydrogen) atoms. The summed E-state index contributed by atoms with van der Waals surface area (Å²) >= 11 is 1.41. The van der Waals surface area contributed by atoms with Gasteiger partial charge in [-0.3, -0.25) is 4.79 Å². The van der Waals surface area contributed by atoms with Crippen LogP contribution in [0.5, 0.6) is 0 Å². The number of nitrogens with zero attached hydrogens (tertiary/aromatic N) is 2. The van der Waals surface area contributed by atoms with Gasteiger partial charge >= 0.3 is 0 Å². The summed E-state index contributed by atoms with van der Waals surface area (Å²) in [5, 5.41) is 3.59. The first-order chi connectivity index (χ1) is 10.4. The predicted molar refractivity (Wildman–Crippen MR) is 90.2 cm³/mol. The summed E-state index contributed by atoms with van der Waals surface area (Å²) in [4.78, 5) is 23.9. The monoisotopic (exact) mass is 318 g/mol. The summed E-state index contributed by atoms with van der Waals surface area (Å²) < 4.78 is 0. The van der Waals surface area contributed by atoms with Crippen molar-refractivity contribution in [1.29, 1.82) is 0 Å². The number of H-pyrrole nitrogens is 1. The summed E-state index contributed by atoms with van der Waals surface area (Å²) in [6, 6.07) is 3.74. The van der Waals surface area contributed by atoms with Crippen molar-refractivity contribution in [3.63, 3.8) is 0 Å². The number of aryl methyl sites for hydroxylation is 2. The molecule has 0 unspecified atom stereocenters. The molecule has 2 aromatic heterocycles. The molecule has 0 aromatic carbocycles. The maximum absolute atomic E-state index is 12.0. The van der Waals surface area contributed by atoms with Gasteiger partial charge in [0.1, 0.15) is 5.82 Å². The van der Waals surface area contributed by atoms with E-state index in [1.165, 1.54) is 11.8 Å². The van der Waals surface area contributed by atoms with Gasteiger partial charge < -0.3 is 10.3 Å². The Kier molecular flexibility index (Phi) is 5.60. The Morgan fingerprint density at radius 2 is 2.18 bits per heavy atom.